The van der Waals surface area contributed by atoms with Crippen LogP contribution in [0.4, 0.5) is 0 Å². The Morgan fingerprint density at radius 3 is 2.37 bits per heavy atom. The zero-order valence-electron chi connectivity index (χ0n) is 16.5. The van der Waals surface area contributed by atoms with Crippen molar-refractivity contribution < 1.29 is 4.79 Å². The van der Waals surface area contributed by atoms with E-state index < -0.39 is 0 Å². The highest BCUT2D eigenvalue weighted by atomic mass is 16.2. The van der Waals surface area contributed by atoms with Gasteiger partial charge in [-0.15, -0.1) is 0 Å². The predicted octanol–water partition coefficient (Wildman–Crippen LogP) is 4.46. The largest absolute Gasteiger partial charge is 0.352 e. The maximum Gasteiger partial charge on any atom is 0.223 e. The van der Waals surface area contributed by atoms with Crippen LogP contribution in [0.2, 0.25) is 0 Å². The lowest BCUT2D eigenvalue weighted by Gasteiger charge is -2.33. The van der Waals surface area contributed by atoms with E-state index in [9.17, 15) is 4.79 Å². The molecule has 2 aliphatic rings. The van der Waals surface area contributed by atoms with Gasteiger partial charge in [0.2, 0.25) is 5.91 Å². The summed E-state index contributed by atoms with van der Waals surface area (Å²) in [6.07, 6.45) is 4.43. The minimum absolute atomic E-state index is 0.277. The maximum atomic E-state index is 12.0. The molecule has 1 amide bonds. The quantitative estimate of drug-likeness (QED) is 0.852. The van der Waals surface area contributed by atoms with Crippen LogP contribution in [-0.2, 0) is 11.3 Å². The van der Waals surface area contributed by atoms with Crippen LogP contribution in [0, 0.1) is 19.8 Å². The molecule has 1 aliphatic heterocycles. The summed E-state index contributed by atoms with van der Waals surface area (Å²) in [5.41, 5.74) is 6.53. The Morgan fingerprint density at radius 1 is 1.00 bits per heavy atom. The second kappa shape index (κ2) is 7.85. The summed E-state index contributed by atoms with van der Waals surface area (Å²) in [5.74, 6) is 0.581. The second-order valence-electron chi connectivity index (χ2n) is 8.43. The van der Waals surface area contributed by atoms with E-state index in [2.05, 4.69) is 66.5 Å². The average Bonchev–Trinajstić information content (AvgIpc) is 3.47. The van der Waals surface area contributed by atoms with Gasteiger partial charge in [0, 0.05) is 25.0 Å². The third-order valence-corrected chi connectivity index (χ3v) is 5.72. The Balaban J connectivity index is 1.37. The van der Waals surface area contributed by atoms with Gasteiger partial charge in [0.15, 0.2) is 0 Å². The molecule has 1 unspecified atom stereocenters. The van der Waals surface area contributed by atoms with E-state index in [0.29, 0.717) is 12.0 Å². The Kier molecular flexibility index (Phi) is 5.31. The molecular formula is C24H30N2O. The SMILES string of the molecule is Cc1cc(C)cc(-c2ccc(CN3CCCC(NC(=O)C4CC4)C3)cc2)c1. The lowest BCUT2D eigenvalue weighted by Crippen LogP contribution is -2.47. The van der Waals surface area contributed by atoms with Crippen molar-refractivity contribution in [2.45, 2.75) is 52.1 Å². The van der Waals surface area contributed by atoms with E-state index in [0.717, 1.165) is 45.3 Å². The zero-order chi connectivity index (χ0) is 18.8. The van der Waals surface area contributed by atoms with E-state index >= 15 is 0 Å². The normalized spacial score (nSPS) is 20.4. The van der Waals surface area contributed by atoms with Crippen LogP contribution in [0.25, 0.3) is 11.1 Å². The number of benzene rings is 2. The molecule has 2 aromatic carbocycles. The van der Waals surface area contributed by atoms with Gasteiger partial charge in [-0.1, -0.05) is 53.6 Å². The number of piperidine rings is 1. The van der Waals surface area contributed by atoms with E-state index in [4.69, 9.17) is 0 Å². The molecular weight excluding hydrogens is 332 g/mol. The summed E-state index contributed by atoms with van der Waals surface area (Å²) >= 11 is 0. The van der Waals surface area contributed by atoms with Gasteiger partial charge in [-0.25, -0.2) is 0 Å². The van der Waals surface area contributed by atoms with E-state index in [-0.39, 0.29) is 5.91 Å². The molecule has 3 heteroatoms. The fraction of sp³-hybridized carbons (Fsp3) is 0.458. The van der Waals surface area contributed by atoms with Gasteiger partial charge in [0.05, 0.1) is 0 Å². The molecule has 2 fully saturated rings. The van der Waals surface area contributed by atoms with Gasteiger partial charge < -0.3 is 5.32 Å². The molecule has 1 atom stereocenters. The van der Waals surface area contributed by atoms with Gasteiger partial charge in [-0.05, 0) is 62.8 Å². The Hall–Kier alpha value is -2.13. The maximum absolute atomic E-state index is 12.0. The van der Waals surface area contributed by atoms with Crippen molar-refractivity contribution in [3.63, 3.8) is 0 Å². The summed E-state index contributed by atoms with van der Waals surface area (Å²) in [5, 5.41) is 3.26. The minimum atomic E-state index is 0.277. The molecule has 27 heavy (non-hydrogen) atoms. The standard InChI is InChI=1S/C24H30N2O/c1-17-12-18(2)14-22(13-17)20-7-5-19(6-8-20)15-26-11-3-4-23(16-26)25-24(27)21-9-10-21/h5-8,12-14,21,23H,3-4,9-11,15-16H2,1-2H3,(H,25,27). The van der Waals surface area contributed by atoms with Crippen LogP contribution in [0.15, 0.2) is 42.5 Å². The number of hydrogen-bond acceptors (Lipinski definition) is 2. The van der Waals surface area contributed by atoms with Crippen LogP contribution < -0.4 is 5.32 Å². The van der Waals surface area contributed by atoms with Crippen LogP contribution in [0.3, 0.4) is 0 Å². The van der Waals surface area contributed by atoms with E-state index in [1.165, 1.54) is 27.8 Å². The molecule has 3 nitrogen and oxygen atoms in total. The molecule has 1 saturated heterocycles. The molecule has 142 valence electrons. The summed E-state index contributed by atoms with van der Waals surface area (Å²) in [6.45, 7) is 7.36. The molecule has 1 aliphatic carbocycles. The smallest absolute Gasteiger partial charge is 0.223 e. The molecule has 1 saturated carbocycles. The monoisotopic (exact) mass is 362 g/mol. The Labute approximate surface area is 162 Å². The third kappa shape index (κ3) is 4.78. The molecule has 1 N–H and O–H groups in total. The first kappa shape index (κ1) is 18.2. The number of carbonyl (C=O) groups is 1. The van der Waals surface area contributed by atoms with Crippen LogP contribution in [0.5, 0.6) is 0 Å². The van der Waals surface area contributed by atoms with Gasteiger partial charge in [-0.3, -0.25) is 9.69 Å². The van der Waals surface area contributed by atoms with Crippen molar-refractivity contribution in [1.29, 1.82) is 0 Å². The molecule has 0 spiro atoms. The number of hydrogen-bond donors (Lipinski definition) is 1. The summed E-state index contributed by atoms with van der Waals surface area (Å²) in [4.78, 5) is 14.5. The van der Waals surface area contributed by atoms with Crippen molar-refractivity contribution in [2.75, 3.05) is 13.1 Å². The second-order valence-corrected chi connectivity index (χ2v) is 8.43. The zero-order valence-corrected chi connectivity index (χ0v) is 16.5. The lowest BCUT2D eigenvalue weighted by atomic mass is 9.99. The van der Waals surface area contributed by atoms with E-state index in [1.807, 2.05) is 0 Å². The fourth-order valence-electron chi connectivity index (χ4n) is 4.18. The number of nitrogens with one attached hydrogen (secondary N) is 1. The number of rotatable bonds is 5. The van der Waals surface area contributed by atoms with E-state index in [1.54, 1.807) is 0 Å². The number of carbonyl (C=O) groups excluding carboxylic acids is 1. The highest BCUT2D eigenvalue weighted by Gasteiger charge is 2.31. The van der Waals surface area contributed by atoms with Crippen molar-refractivity contribution in [3.05, 3.63) is 59.2 Å². The first-order chi connectivity index (χ1) is 13.1. The van der Waals surface area contributed by atoms with Crippen molar-refractivity contribution >= 4 is 5.91 Å². The first-order valence-corrected chi connectivity index (χ1v) is 10.3. The summed E-state index contributed by atoms with van der Waals surface area (Å²) in [7, 11) is 0. The molecule has 2 aromatic rings. The predicted molar refractivity (Wildman–Crippen MR) is 111 cm³/mol. The van der Waals surface area contributed by atoms with Crippen LogP contribution in [0.1, 0.15) is 42.4 Å². The number of aryl methyl sites for hydroxylation is 2. The van der Waals surface area contributed by atoms with Gasteiger partial charge in [0.25, 0.3) is 0 Å². The molecule has 0 radical (unpaired) electrons. The van der Waals surface area contributed by atoms with Gasteiger partial charge >= 0.3 is 0 Å². The fourth-order valence-corrected chi connectivity index (χ4v) is 4.18. The van der Waals surface area contributed by atoms with Crippen molar-refractivity contribution in [3.8, 4) is 11.1 Å². The molecule has 1 heterocycles. The van der Waals surface area contributed by atoms with Crippen LogP contribution >= 0.6 is 0 Å². The average molecular weight is 363 g/mol. The summed E-state index contributed by atoms with van der Waals surface area (Å²) < 4.78 is 0. The molecule has 4 rings (SSSR count). The first-order valence-electron chi connectivity index (χ1n) is 10.3. The number of likely N-dealkylation sites (tertiary alicyclic amines) is 1. The topological polar surface area (TPSA) is 32.3 Å². The van der Waals surface area contributed by atoms with Crippen molar-refractivity contribution in [1.82, 2.24) is 10.2 Å². The molecule has 0 bridgehead atoms. The number of amides is 1. The minimum Gasteiger partial charge on any atom is -0.352 e. The van der Waals surface area contributed by atoms with Gasteiger partial charge in [-0.2, -0.15) is 0 Å². The highest BCUT2D eigenvalue weighted by Crippen LogP contribution is 2.29. The van der Waals surface area contributed by atoms with Crippen molar-refractivity contribution in [2.24, 2.45) is 5.92 Å². The Morgan fingerprint density at radius 2 is 1.70 bits per heavy atom. The molecule has 0 aromatic heterocycles. The highest BCUT2D eigenvalue weighted by molar-refractivity contribution is 5.81. The number of nitrogens with zero attached hydrogens (tertiary/aromatic N) is 1. The lowest BCUT2D eigenvalue weighted by molar-refractivity contribution is -0.123. The third-order valence-electron chi connectivity index (χ3n) is 5.72. The summed E-state index contributed by atoms with van der Waals surface area (Å²) in [6, 6.07) is 16.0. The Bertz CT molecular complexity index is 787. The van der Waals surface area contributed by atoms with Gasteiger partial charge in [0.1, 0.15) is 0 Å². The van der Waals surface area contributed by atoms with Crippen LogP contribution in [-0.4, -0.2) is 29.9 Å².